The van der Waals surface area contributed by atoms with Crippen LogP contribution in [0.2, 0.25) is 0 Å². The summed E-state index contributed by atoms with van der Waals surface area (Å²) in [6, 6.07) is 8.49. The Labute approximate surface area is 190 Å². The summed E-state index contributed by atoms with van der Waals surface area (Å²) in [5.74, 6) is -2.24. The lowest BCUT2D eigenvalue weighted by Crippen LogP contribution is -2.46. The van der Waals surface area contributed by atoms with Gasteiger partial charge in [0.1, 0.15) is 6.61 Å². The molecule has 0 saturated carbocycles. The van der Waals surface area contributed by atoms with Crippen LogP contribution in [-0.2, 0) is 25.7 Å². The van der Waals surface area contributed by atoms with Crippen molar-refractivity contribution in [1.29, 1.82) is 0 Å². The lowest BCUT2D eigenvalue weighted by molar-refractivity contribution is -0.141. The Kier molecular flexibility index (Phi) is 10.9. The molecule has 1 fully saturated rings. The molecule has 0 aliphatic carbocycles. The Hall–Kier alpha value is -2.70. The third-order valence-corrected chi connectivity index (χ3v) is 5.81. The highest BCUT2D eigenvalue weighted by Crippen LogP contribution is 2.20. The second-order valence-electron chi connectivity index (χ2n) is 8.83. The quantitative estimate of drug-likeness (QED) is 0.620. The second-order valence-corrected chi connectivity index (χ2v) is 8.83. The van der Waals surface area contributed by atoms with Crippen LogP contribution >= 0.6 is 0 Å². The van der Waals surface area contributed by atoms with Gasteiger partial charge in [0.25, 0.3) is 5.91 Å². The summed E-state index contributed by atoms with van der Waals surface area (Å²) in [6.45, 7) is 4.24. The fourth-order valence-electron chi connectivity index (χ4n) is 3.90. The Bertz CT molecular complexity index is 763. The number of hydrogen-bond donors (Lipinski definition) is 2. The summed E-state index contributed by atoms with van der Waals surface area (Å²) in [4.78, 5) is 50.3. The van der Waals surface area contributed by atoms with Gasteiger partial charge in [-0.25, -0.2) is 4.79 Å². The van der Waals surface area contributed by atoms with Gasteiger partial charge in [0.05, 0.1) is 6.04 Å². The maximum Gasteiger partial charge on any atom is 0.408 e. The minimum Gasteiger partial charge on any atom is -0.445 e. The van der Waals surface area contributed by atoms with Crippen molar-refractivity contribution in [3.63, 3.8) is 0 Å². The maximum absolute atomic E-state index is 13.0. The monoisotopic (exact) mass is 444 g/mol. The van der Waals surface area contributed by atoms with Crippen molar-refractivity contribution in [1.82, 2.24) is 10.6 Å². The number of carbonyl (C=O) groups is 4. The third kappa shape index (κ3) is 8.81. The standard InChI is InChI=1S/C25H36N2O5/c1-18(2)22(27-25(31)32-17-19-12-8-7-9-13-19)21(28)16-20-14-10-5-3-4-6-11-15-26-24(30)23(20)29/h7-9,12-13,18,20,22H,3-6,10-11,14-17H2,1-2H3,(H,26,30)(H,27,31). The van der Waals surface area contributed by atoms with E-state index in [1.54, 1.807) is 0 Å². The van der Waals surface area contributed by atoms with E-state index in [9.17, 15) is 19.2 Å². The van der Waals surface area contributed by atoms with Gasteiger partial charge in [-0.05, 0) is 24.3 Å². The molecule has 1 aliphatic rings. The van der Waals surface area contributed by atoms with E-state index in [4.69, 9.17) is 4.74 Å². The van der Waals surface area contributed by atoms with E-state index >= 15 is 0 Å². The van der Waals surface area contributed by atoms with Gasteiger partial charge in [0.2, 0.25) is 5.78 Å². The molecule has 7 nitrogen and oxygen atoms in total. The van der Waals surface area contributed by atoms with Gasteiger partial charge in [-0.15, -0.1) is 0 Å². The molecule has 176 valence electrons. The molecule has 2 N–H and O–H groups in total. The van der Waals surface area contributed by atoms with Gasteiger partial charge in [-0.1, -0.05) is 76.3 Å². The Morgan fingerprint density at radius 1 is 1.03 bits per heavy atom. The summed E-state index contributed by atoms with van der Waals surface area (Å²) < 4.78 is 5.25. The van der Waals surface area contributed by atoms with Crippen LogP contribution in [0.4, 0.5) is 4.79 Å². The van der Waals surface area contributed by atoms with E-state index in [1.807, 2.05) is 44.2 Å². The van der Waals surface area contributed by atoms with Gasteiger partial charge < -0.3 is 15.4 Å². The van der Waals surface area contributed by atoms with Gasteiger partial charge in [-0.2, -0.15) is 0 Å². The Morgan fingerprint density at radius 3 is 2.38 bits per heavy atom. The SMILES string of the molecule is CC(C)C(NC(=O)OCc1ccccc1)C(=O)CC1CCCCCCCCNC(=O)C1=O. The molecule has 0 aromatic heterocycles. The van der Waals surface area contributed by atoms with Crippen LogP contribution in [0, 0.1) is 11.8 Å². The molecule has 2 amide bonds. The van der Waals surface area contributed by atoms with Crippen molar-refractivity contribution < 1.29 is 23.9 Å². The smallest absolute Gasteiger partial charge is 0.408 e. The Balaban J connectivity index is 1.97. The number of hydrogen-bond acceptors (Lipinski definition) is 5. The summed E-state index contributed by atoms with van der Waals surface area (Å²) in [6.07, 6.45) is 5.64. The van der Waals surface area contributed by atoms with E-state index in [0.29, 0.717) is 13.0 Å². The first-order valence-electron chi connectivity index (χ1n) is 11.7. The molecule has 7 heteroatoms. The van der Waals surface area contributed by atoms with Crippen molar-refractivity contribution in [3.05, 3.63) is 35.9 Å². The summed E-state index contributed by atoms with van der Waals surface area (Å²) in [5.41, 5.74) is 0.847. The highest BCUT2D eigenvalue weighted by molar-refractivity contribution is 6.37. The predicted molar refractivity (Wildman–Crippen MR) is 122 cm³/mol. The Morgan fingerprint density at radius 2 is 1.69 bits per heavy atom. The van der Waals surface area contributed by atoms with Crippen LogP contribution in [0.5, 0.6) is 0 Å². The topological polar surface area (TPSA) is 102 Å². The molecule has 1 aromatic carbocycles. The van der Waals surface area contributed by atoms with Gasteiger partial charge in [0.15, 0.2) is 5.78 Å². The van der Waals surface area contributed by atoms with Crippen LogP contribution in [0.25, 0.3) is 0 Å². The zero-order chi connectivity index (χ0) is 23.3. The fourth-order valence-corrected chi connectivity index (χ4v) is 3.90. The number of ether oxygens (including phenoxy) is 1. The molecule has 1 saturated heterocycles. The van der Waals surface area contributed by atoms with E-state index < -0.39 is 29.7 Å². The lowest BCUT2D eigenvalue weighted by Gasteiger charge is -2.23. The minimum atomic E-state index is -0.782. The number of amides is 2. The highest BCUT2D eigenvalue weighted by Gasteiger charge is 2.32. The molecule has 2 unspecified atom stereocenters. The first kappa shape index (κ1) is 25.6. The van der Waals surface area contributed by atoms with E-state index in [1.165, 1.54) is 0 Å². The first-order valence-corrected chi connectivity index (χ1v) is 11.7. The normalized spacial score (nSPS) is 19.3. The molecular weight excluding hydrogens is 408 g/mol. The molecule has 0 bridgehead atoms. The average Bonchev–Trinajstić information content (AvgIpc) is 2.78. The van der Waals surface area contributed by atoms with E-state index in [-0.39, 0.29) is 24.7 Å². The number of Topliss-reactive ketones (excluding diaryl/α,β-unsaturated/α-hetero) is 2. The van der Waals surface area contributed by atoms with Crippen LogP contribution in [0.15, 0.2) is 30.3 Å². The van der Waals surface area contributed by atoms with Crippen molar-refractivity contribution in [2.24, 2.45) is 11.8 Å². The molecule has 1 heterocycles. The molecule has 1 aliphatic heterocycles. The average molecular weight is 445 g/mol. The van der Waals surface area contributed by atoms with Crippen molar-refractivity contribution in [3.8, 4) is 0 Å². The van der Waals surface area contributed by atoms with Crippen LogP contribution in [-0.4, -0.2) is 36.2 Å². The molecule has 0 spiro atoms. The van der Waals surface area contributed by atoms with Crippen molar-refractivity contribution >= 4 is 23.6 Å². The molecule has 0 radical (unpaired) electrons. The predicted octanol–water partition coefficient (Wildman–Crippen LogP) is 3.94. The summed E-state index contributed by atoms with van der Waals surface area (Å²) in [5, 5.41) is 5.33. The van der Waals surface area contributed by atoms with Crippen molar-refractivity contribution in [2.45, 2.75) is 77.9 Å². The van der Waals surface area contributed by atoms with E-state index in [2.05, 4.69) is 10.6 Å². The molecule has 1 aromatic rings. The number of ketones is 2. The van der Waals surface area contributed by atoms with E-state index in [0.717, 1.165) is 44.1 Å². The number of rotatable bonds is 7. The molecule has 32 heavy (non-hydrogen) atoms. The molecule has 2 atom stereocenters. The fraction of sp³-hybridized carbons (Fsp3) is 0.600. The van der Waals surface area contributed by atoms with Crippen LogP contribution < -0.4 is 10.6 Å². The van der Waals surface area contributed by atoms with Gasteiger partial charge in [0, 0.05) is 18.9 Å². The maximum atomic E-state index is 13.0. The summed E-state index contributed by atoms with van der Waals surface area (Å²) >= 11 is 0. The van der Waals surface area contributed by atoms with Crippen LogP contribution in [0.3, 0.4) is 0 Å². The highest BCUT2D eigenvalue weighted by atomic mass is 16.5. The van der Waals surface area contributed by atoms with Crippen molar-refractivity contribution in [2.75, 3.05) is 6.54 Å². The number of carbonyl (C=O) groups excluding carboxylic acids is 4. The number of alkyl carbamates (subject to hydrolysis) is 1. The molecular formula is C25H36N2O5. The van der Waals surface area contributed by atoms with Crippen LogP contribution in [0.1, 0.15) is 70.8 Å². The minimum absolute atomic E-state index is 0.0614. The number of nitrogens with one attached hydrogen (secondary N) is 2. The number of benzene rings is 1. The first-order chi connectivity index (χ1) is 15.4. The zero-order valence-corrected chi connectivity index (χ0v) is 19.2. The second kappa shape index (κ2) is 13.7. The third-order valence-electron chi connectivity index (χ3n) is 5.81. The van der Waals surface area contributed by atoms with Gasteiger partial charge in [-0.3, -0.25) is 14.4 Å². The zero-order valence-electron chi connectivity index (χ0n) is 19.2. The summed E-state index contributed by atoms with van der Waals surface area (Å²) in [7, 11) is 0. The van der Waals surface area contributed by atoms with Gasteiger partial charge >= 0.3 is 6.09 Å². The molecule has 2 rings (SSSR count). The lowest BCUT2D eigenvalue weighted by atomic mass is 9.86. The largest absolute Gasteiger partial charge is 0.445 e.